The topological polar surface area (TPSA) is 42.4 Å². The molecule has 0 fully saturated rings. The zero-order valence-electron chi connectivity index (χ0n) is 11.3. The van der Waals surface area contributed by atoms with Crippen LogP contribution in [0.15, 0.2) is 34.7 Å². The number of hydrogen-bond donors (Lipinski definition) is 1. The van der Waals surface area contributed by atoms with Gasteiger partial charge in [-0.05, 0) is 44.2 Å². The van der Waals surface area contributed by atoms with E-state index in [1.54, 1.807) is 12.1 Å². The van der Waals surface area contributed by atoms with E-state index >= 15 is 0 Å². The molecule has 2 rings (SSSR count). The molecule has 0 aliphatic heterocycles. The van der Waals surface area contributed by atoms with E-state index in [-0.39, 0.29) is 5.82 Å². The van der Waals surface area contributed by atoms with Gasteiger partial charge in [-0.1, -0.05) is 0 Å². The van der Waals surface area contributed by atoms with Gasteiger partial charge in [-0.25, -0.2) is 4.39 Å². The second-order valence-electron chi connectivity index (χ2n) is 4.49. The Morgan fingerprint density at radius 1 is 1.26 bits per heavy atom. The standard InChI is InChI=1S/C15H19FN2O/c1-3-18(14-6-4-13(16)5-7-14)10-15-8-12(9-17)11(2)19-15/h4-8H,3,9-10,17H2,1-2H3. The molecule has 2 aromatic rings. The van der Waals surface area contributed by atoms with Gasteiger partial charge in [-0.2, -0.15) is 0 Å². The molecule has 1 aromatic carbocycles. The summed E-state index contributed by atoms with van der Waals surface area (Å²) in [5.74, 6) is 1.52. The molecule has 0 spiro atoms. The highest BCUT2D eigenvalue weighted by molar-refractivity contribution is 5.46. The molecule has 0 atom stereocenters. The van der Waals surface area contributed by atoms with Crippen LogP contribution in [0.1, 0.15) is 24.0 Å². The Morgan fingerprint density at radius 3 is 2.47 bits per heavy atom. The first-order valence-electron chi connectivity index (χ1n) is 6.42. The van der Waals surface area contributed by atoms with E-state index in [1.807, 2.05) is 13.0 Å². The van der Waals surface area contributed by atoms with Crippen LogP contribution in [-0.2, 0) is 13.1 Å². The van der Waals surface area contributed by atoms with Crippen LogP contribution in [0.2, 0.25) is 0 Å². The zero-order chi connectivity index (χ0) is 13.8. The third kappa shape index (κ3) is 3.15. The van der Waals surface area contributed by atoms with Crippen LogP contribution >= 0.6 is 0 Å². The number of nitrogens with two attached hydrogens (primary N) is 1. The molecule has 0 saturated carbocycles. The van der Waals surface area contributed by atoms with Crippen LogP contribution in [-0.4, -0.2) is 6.54 Å². The van der Waals surface area contributed by atoms with Crippen molar-refractivity contribution in [2.45, 2.75) is 26.9 Å². The Hall–Kier alpha value is -1.81. The third-order valence-corrected chi connectivity index (χ3v) is 3.21. The average molecular weight is 262 g/mol. The molecule has 0 aliphatic rings. The van der Waals surface area contributed by atoms with Gasteiger partial charge >= 0.3 is 0 Å². The molecule has 1 heterocycles. The SMILES string of the molecule is CCN(Cc1cc(CN)c(C)o1)c1ccc(F)cc1. The highest BCUT2D eigenvalue weighted by Gasteiger charge is 2.11. The van der Waals surface area contributed by atoms with Crippen LogP contribution in [0, 0.1) is 12.7 Å². The number of halogens is 1. The molecule has 0 unspecified atom stereocenters. The number of furan rings is 1. The minimum atomic E-state index is -0.223. The van der Waals surface area contributed by atoms with Gasteiger partial charge in [0.2, 0.25) is 0 Å². The number of hydrogen-bond acceptors (Lipinski definition) is 3. The first kappa shape index (κ1) is 13.6. The Balaban J connectivity index is 2.16. The lowest BCUT2D eigenvalue weighted by atomic mass is 10.2. The maximum absolute atomic E-state index is 12.9. The number of rotatable bonds is 5. The maximum Gasteiger partial charge on any atom is 0.123 e. The summed E-state index contributed by atoms with van der Waals surface area (Å²) in [6.45, 7) is 5.94. The normalized spacial score (nSPS) is 10.7. The van der Waals surface area contributed by atoms with Crippen molar-refractivity contribution < 1.29 is 8.81 Å². The van der Waals surface area contributed by atoms with Gasteiger partial charge in [-0.15, -0.1) is 0 Å². The van der Waals surface area contributed by atoms with E-state index in [0.717, 1.165) is 29.3 Å². The highest BCUT2D eigenvalue weighted by Crippen LogP contribution is 2.20. The van der Waals surface area contributed by atoms with Crippen LogP contribution in [0.25, 0.3) is 0 Å². The lowest BCUT2D eigenvalue weighted by Crippen LogP contribution is -2.21. The molecule has 2 N–H and O–H groups in total. The lowest BCUT2D eigenvalue weighted by molar-refractivity contribution is 0.476. The van der Waals surface area contributed by atoms with E-state index < -0.39 is 0 Å². The fourth-order valence-corrected chi connectivity index (χ4v) is 2.09. The summed E-state index contributed by atoms with van der Waals surface area (Å²) in [6, 6.07) is 8.48. The van der Waals surface area contributed by atoms with Gasteiger partial charge in [0.05, 0.1) is 6.54 Å². The van der Waals surface area contributed by atoms with Gasteiger partial charge < -0.3 is 15.1 Å². The van der Waals surface area contributed by atoms with Crippen molar-refractivity contribution in [1.82, 2.24) is 0 Å². The smallest absolute Gasteiger partial charge is 0.123 e. The van der Waals surface area contributed by atoms with Crippen molar-refractivity contribution in [3.05, 3.63) is 53.2 Å². The Kier molecular flexibility index (Phi) is 4.22. The monoisotopic (exact) mass is 262 g/mol. The molecule has 0 saturated heterocycles. The van der Waals surface area contributed by atoms with Crippen LogP contribution < -0.4 is 10.6 Å². The fourth-order valence-electron chi connectivity index (χ4n) is 2.09. The van der Waals surface area contributed by atoms with Gasteiger partial charge in [-0.3, -0.25) is 0 Å². The molecule has 102 valence electrons. The van der Waals surface area contributed by atoms with Crippen molar-refractivity contribution >= 4 is 5.69 Å². The second kappa shape index (κ2) is 5.89. The first-order chi connectivity index (χ1) is 9.13. The van der Waals surface area contributed by atoms with Gasteiger partial charge in [0.1, 0.15) is 17.3 Å². The molecule has 1 aromatic heterocycles. The van der Waals surface area contributed by atoms with E-state index in [1.165, 1.54) is 12.1 Å². The fraction of sp³-hybridized carbons (Fsp3) is 0.333. The van der Waals surface area contributed by atoms with Gasteiger partial charge in [0.25, 0.3) is 0 Å². The number of anilines is 1. The summed E-state index contributed by atoms with van der Waals surface area (Å²) in [5, 5.41) is 0. The minimum Gasteiger partial charge on any atom is -0.464 e. The molecule has 0 radical (unpaired) electrons. The molecule has 4 heteroatoms. The molecular weight excluding hydrogens is 243 g/mol. The molecule has 0 aliphatic carbocycles. The molecule has 19 heavy (non-hydrogen) atoms. The van der Waals surface area contributed by atoms with Crippen LogP contribution in [0.3, 0.4) is 0 Å². The van der Waals surface area contributed by atoms with Crippen molar-refractivity contribution in [3.8, 4) is 0 Å². The summed E-state index contributed by atoms with van der Waals surface area (Å²) >= 11 is 0. The van der Waals surface area contributed by atoms with Crippen molar-refractivity contribution in [3.63, 3.8) is 0 Å². The molecule has 3 nitrogen and oxygen atoms in total. The summed E-state index contributed by atoms with van der Waals surface area (Å²) in [6.07, 6.45) is 0. The largest absolute Gasteiger partial charge is 0.464 e. The maximum atomic E-state index is 12.9. The summed E-state index contributed by atoms with van der Waals surface area (Å²) in [4.78, 5) is 2.12. The number of nitrogens with zero attached hydrogens (tertiary/aromatic N) is 1. The second-order valence-corrected chi connectivity index (χ2v) is 4.49. The van der Waals surface area contributed by atoms with Crippen LogP contribution in [0.4, 0.5) is 10.1 Å². The van der Waals surface area contributed by atoms with E-state index in [9.17, 15) is 4.39 Å². The van der Waals surface area contributed by atoms with Crippen molar-refractivity contribution in [2.75, 3.05) is 11.4 Å². The van der Waals surface area contributed by atoms with Crippen LogP contribution in [0.5, 0.6) is 0 Å². The predicted octanol–water partition coefficient (Wildman–Crippen LogP) is 3.21. The predicted molar refractivity (Wildman–Crippen MR) is 74.5 cm³/mol. The Bertz CT molecular complexity index is 534. The number of aryl methyl sites for hydroxylation is 1. The number of benzene rings is 1. The highest BCUT2D eigenvalue weighted by atomic mass is 19.1. The Morgan fingerprint density at radius 2 is 1.95 bits per heavy atom. The molecular formula is C15H19FN2O. The summed E-state index contributed by atoms with van der Waals surface area (Å²) < 4.78 is 18.6. The third-order valence-electron chi connectivity index (χ3n) is 3.21. The van der Waals surface area contributed by atoms with Crippen molar-refractivity contribution in [1.29, 1.82) is 0 Å². The Labute approximate surface area is 112 Å². The summed E-state index contributed by atoms with van der Waals surface area (Å²) in [7, 11) is 0. The van der Waals surface area contributed by atoms with Gasteiger partial charge in [0.15, 0.2) is 0 Å². The quantitative estimate of drug-likeness (QED) is 0.899. The van der Waals surface area contributed by atoms with Crippen molar-refractivity contribution in [2.24, 2.45) is 5.73 Å². The molecule has 0 bridgehead atoms. The zero-order valence-corrected chi connectivity index (χ0v) is 11.3. The van der Waals surface area contributed by atoms with Gasteiger partial charge in [0, 0.05) is 24.3 Å². The summed E-state index contributed by atoms with van der Waals surface area (Å²) in [5.41, 5.74) is 7.65. The van der Waals surface area contributed by atoms with E-state index in [4.69, 9.17) is 10.2 Å². The molecule has 0 amide bonds. The van der Waals surface area contributed by atoms with E-state index in [0.29, 0.717) is 13.1 Å². The minimum absolute atomic E-state index is 0.223. The first-order valence-corrected chi connectivity index (χ1v) is 6.42. The average Bonchev–Trinajstić information content (AvgIpc) is 2.77. The van der Waals surface area contributed by atoms with E-state index in [2.05, 4.69) is 11.8 Å². The lowest BCUT2D eigenvalue weighted by Gasteiger charge is -2.21.